The third kappa shape index (κ3) is 2.75. The molecule has 8 heteroatoms. The maximum atomic E-state index is 14.1. The van der Waals surface area contributed by atoms with Gasteiger partial charge in [0.25, 0.3) is 0 Å². The van der Waals surface area contributed by atoms with E-state index in [-0.39, 0.29) is 11.4 Å². The number of hydrogen-bond acceptors (Lipinski definition) is 5. The van der Waals surface area contributed by atoms with Gasteiger partial charge in [-0.2, -0.15) is 5.10 Å². The van der Waals surface area contributed by atoms with Crippen molar-refractivity contribution in [1.29, 1.82) is 0 Å². The Balaban J connectivity index is 1.83. The van der Waals surface area contributed by atoms with Gasteiger partial charge >= 0.3 is 0 Å². The summed E-state index contributed by atoms with van der Waals surface area (Å²) in [6.07, 6.45) is 3.27. The van der Waals surface area contributed by atoms with Crippen LogP contribution in [-0.2, 0) is 0 Å². The summed E-state index contributed by atoms with van der Waals surface area (Å²) in [5.41, 5.74) is 3.62. The Kier molecular flexibility index (Phi) is 3.80. The summed E-state index contributed by atoms with van der Waals surface area (Å²) in [4.78, 5) is 12.9. The Hall–Kier alpha value is -3.42. The molecule has 0 aliphatic carbocycles. The Labute approximate surface area is 147 Å². The highest BCUT2D eigenvalue weighted by atomic mass is 19.1. The first-order chi connectivity index (χ1) is 12.5. The van der Waals surface area contributed by atoms with Crippen molar-refractivity contribution < 1.29 is 8.78 Å². The smallest absolute Gasteiger partial charge is 0.164 e. The maximum Gasteiger partial charge on any atom is 0.164 e. The third-order valence-electron chi connectivity index (χ3n) is 4.16. The van der Waals surface area contributed by atoms with Crippen LogP contribution in [0.2, 0.25) is 0 Å². The molecule has 6 nitrogen and oxygen atoms in total. The van der Waals surface area contributed by atoms with Crippen LogP contribution in [0.5, 0.6) is 0 Å². The van der Waals surface area contributed by atoms with Crippen molar-refractivity contribution >= 4 is 22.5 Å². The van der Waals surface area contributed by atoms with Crippen LogP contribution in [-0.4, -0.2) is 25.1 Å². The van der Waals surface area contributed by atoms with E-state index in [4.69, 9.17) is 0 Å². The Morgan fingerprint density at radius 3 is 2.77 bits per heavy atom. The van der Waals surface area contributed by atoms with E-state index in [0.717, 1.165) is 35.0 Å². The van der Waals surface area contributed by atoms with Gasteiger partial charge in [0.2, 0.25) is 0 Å². The minimum Gasteiger partial charge on any atom is -0.338 e. The normalized spacial score (nSPS) is 11.1. The minimum absolute atomic E-state index is 0.0116. The van der Waals surface area contributed by atoms with E-state index in [1.54, 1.807) is 25.4 Å². The van der Waals surface area contributed by atoms with Crippen molar-refractivity contribution in [3.63, 3.8) is 0 Å². The molecule has 0 amide bonds. The van der Waals surface area contributed by atoms with Gasteiger partial charge in [-0.15, -0.1) is 0 Å². The fourth-order valence-corrected chi connectivity index (χ4v) is 2.62. The van der Waals surface area contributed by atoms with Crippen LogP contribution < -0.4 is 5.32 Å². The predicted octanol–water partition coefficient (Wildman–Crippen LogP) is 4.05. The number of aromatic amines is 1. The highest BCUT2D eigenvalue weighted by Crippen LogP contribution is 2.28. The molecule has 0 saturated carbocycles. The van der Waals surface area contributed by atoms with Gasteiger partial charge in [0, 0.05) is 17.5 Å². The summed E-state index contributed by atoms with van der Waals surface area (Å²) in [5, 5.41) is 10.1. The van der Waals surface area contributed by atoms with Crippen molar-refractivity contribution in [3.8, 4) is 11.4 Å². The molecule has 26 heavy (non-hydrogen) atoms. The van der Waals surface area contributed by atoms with Crippen molar-refractivity contribution in [3.05, 3.63) is 59.6 Å². The summed E-state index contributed by atoms with van der Waals surface area (Å²) in [7, 11) is 0. The fourth-order valence-electron chi connectivity index (χ4n) is 2.62. The Bertz CT molecular complexity index is 1120. The molecule has 2 N–H and O–H groups in total. The number of fused-ring (bicyclic) bond motifs is 1. The molecule has 4 aromatic rings. The molecule has 0 aliphatic rings. The number of nitrogens with zero attached hydrogens (tertiary/aromatic N) is 4. The Morgan fingerprint density at radius 2 is 1.92 bits per heavy atom. The van der Waals surface area contributed by atoms with Crippen molar-refractivity contribution in [2.24, 2.45) is 0 Å². The molecular weight excluding hydrogens is 338 g/mol. The lowest BCUT2D eigenvalue weighted by Crippen LogP contribution is -2.04. The molecule has 0 unspecified atom stereocenters. The summed E-state index contributed by atoms with van der Waals surface area (Å²) in [6.45, 7) is 3.65. The zero-order valence-corrected chi connectivity index (χ0v) is 14.0. The van der Waals surface area contributed by atoms with Crippen LogP contribution in [0.25, 0.3) is 22.4 Å². The molecule has 1 aromatic carbocycles. The Morgan fingerprint density at radius 1 is 1.08 bits per heavy atom. The molecule has 0 aliphatic heterocycles. The van der Waals surface area contributed by atoms with Crippen LogP contribution in [0, 0.1) is 25.5 Å². The van der Waals surface area contributed by atoms with E-state index in [2.05, 4.69) is 30.5 Å². The van der Waals surface area contributed by atoms with E-state index in [0.29, 0.717) is 17.0 Å². The lowest BCUT2D eigenvalue weighted by atomic mass is 10.1. The summed E-state index contributed by atoms with van der Waals surface area (Å²) in [6, 6.07) is 4.99. The van der Waals surface area contributed by atoms with E-state index in [1.165, 1.54) is 0 Å². The number of benzene rings is 1. The number of halogens is 2. The van der Waals surface area contributed by atoms with Gasteiger partial charge in [-0.1, -0.05) is 0 Å². The number of aryl methyl sites for hydroxylation is 1. The SMILES string of the molecule is Cc1nc(-c2cc(F)ccc2F)nc(Nc2ccnc3cn[nH]c23)c1C. The van der Waals surface area contributed by atoms with Gasteiger partial charge in [0.1, 0.15) is 28.5 Å². The van der Waals surface area contributed by atoms with Gasteiger partial charge in [-0.05, 0) is 38.1 Å². The lowest BCUT2D eigenvalue weighted by molar-refractivity contribution is 0.602. The molecule has 0 radical (unpaired) electrons. The third-order valence-corrected chi connectivity index (χ3v) is 4.16. The maximum absolute atomic E-state index is 14.1. The fraction of sp³-hybridized carbons (Fsp3) is 0.111. The van der Waals surface area contributed by atoms with Crippen LogP contribution in [0.3, 0.4) is 0 Å². The average Bonchev–Trinajstić information content (AvgIpc) is 3.10. The first-order valence-electron chi connectivity index (χ1n) is 7.88. The number of anilines is 2. The zero-order valence-electron chi connectivity index (χ0n) is 14.0. The monoisotopic (exact) mass is 352 g/mol. The van der Waals surface area contributed by atoms with E-state index < -0.39 is 11.6 Å². The molecule has 3 heterocycles. The van der Waals surface area contributed by atoms with Gasteiger partial charge in [0.15, 0.2) is 5.82 Å². The minimum atomic E-state index is -0.583. The molecule has 0 spiro atoms. The number of nitrogens with one attached hydrogen (secondary N) is 2. The van der Waals surface area contributed by atoms with E-state index >= 15 is 0 Å². The topological polar surface area (TPSA) is 79.4 Å². The number of H-pyrrole nitrogens is 1. The van der Waals surface area contributed by atoms with Gasteiger partial charge < -0.3 is 5.32 Å². The molecule has 0 atom stereocenters. The van der Waals surface area contributed by atoms with Crippen molar-refractivity contribution in [1.82, 2.24) is 25.1 Å². The van der Waals surface area contributed by atoms with Crippen LogP contribution >= 0.6 is 0 Å². The summed E-state index contributed by atoms with van der Waals surface area (Å²) >= 11 is 0. The van der Waals surface area contributed by atoms with Crippen LogP contribution in [0.4, 0.5) is 20.3 Å². The van der Waals surface area contributed by atoms with Gasteiger partial charge in [0.05, 0.1) is 17.4 Å². The highest BCUT2D eigenvalue weighted by molar-refractivity contribution is 5.88. The number of aromatic nitrogens is 5. The molecule has 3 aromatic heterocycles. The molecule has 0 saturated heterocycles. The number of pyridine rings is 1. The van der Waals surface area contributed by atoms with E-state index in [9.17, 15) is 8.78 Å². The predicted molar refractivity (Wildman–Crippen MR) is 94.0 cm³/mol. The molecule has 130 valence electrons. The number of hydrogen-bond donors (Lipinski definition) is 2. The second-order valence-corrected chi connectivity index (χ2v) is 5.84. The second-order valence-electron chi connectivity index (χ2n) is 5.84. The van der Waals surface area contributed by atoms with E-state index in [1.807, 2.05) is 6.92 Å². The van der Waals surface area contributed by atoms with Gasteiger partial charge in [-0.3, -0.25) is 10.1 Å². The summed E-state index contributed by atoms with van der Waals surface area (Å²) in [5.74, 6) is -0.521. The highest BCUT2D eigenvalue weighted by Gasteiger charge is 2.15. The zero-order chi connectivity index (χ0) is 18.3. The van der Waals surface area contributed by atoms with Crippen LogP contribution in [0.1, 0.15) is 11.3 Å². The molecule has 0 bridgehead atoms. The lowest BCUT2D eigenvalue weighted by Gasteiger charge is -2.13. The van der Waals surface area contributed by atoms with Crippen LogP contribution in [0.15, 0.2) is 36.7 Å². The second kappa shape index (κ2) is 6.14. The molecule has 0 fully saturated rings. The largest absolute Gasteiger partial charge is 0.338 e. The molecule has 4 rings (SSSR count). The summed E-state index contributed by atoms with van der Waals surface area (Å²) < 4.78 is 27.7. The first kappa shape index (κ1) is 16.1. The average molecular weight is 352 g/mol. The standard InChI is InChI=1S/C18H14F2N6/c1-9-10(2)23-18(12-7-11(19)3-4-13(12)20)25-17(9)24-14-5-6-21-15-8-22-26-16(14)15/h3-8H,1-2H3,(H,22,26)(H,21,23,24,25). The quantitative estimate of drug-likeness (QED) is 0.581. The number of rotatable bonds is 3. The molecular formula is C18H14F2N6. The van der Waals surface area contributed by atoms with Gasteiger partial charge in [-0.25, -0.2) is 18.7 Å². The first-order valence-corrected chi connectivity index (χ1v) is 7.88. The van der Waals surface area contributed by atoms with Crippen molar-refractivity contribution in [2.45, 2.75) is 13.8 Å². The van der Waals surface area contributed by atoms with Crippen molar-refractivity contribution in [2.75, 3.05) is 5.32 Å².